The van der Waals surface area contributed by atoms with Gasteiger partial charge in [-0.1, -0.05) is 60.1 Å². The van der Waals surface area contributed by atoms with Crippen LogP contribution in [0.3, 0.4) is 0 Å². The minimum Gasteiger partial charge on any atom is -0.326 e. The van der Waals surface area contributed by atoms with Crippen molar-refractivity contribution >= 4 is 29.3 Å². The minimum atomic E-state index is -0.174. The van der Waals surface area contributed by atoms with Crippen LogP contribution in [0.4, 0.5) is 5.69 Å². The van der Waals surface area contributed by atoms with Crippen LogP contribution in [0.1, 0.15) is 11.1 Å². The quantitative estimate of drug-likeness (QED) is 0.619. The van der Waals surface area contributed by atoms with E-state index in [0.717, 1.165) is 33.0 Å². The molecule has 130 valence electrons. The fourth-order valence-electron chi connectivity index (χ4n) is 2.51. The molecule has 0 aliphatic rings. The smallest absolute Gasteiger partial charge is 0.248 e. The first-order chi connectivity index (χ1) is 12.6. The van der Waals surface area contributed by atoms with E-state index in [1.54, 1.807) is 6.08 Å². The molecule has 3 aromatic carbocycles. The van der Waals surface area contributed by atoms with E-state index in [9.17, 15) is 4.79 Å². The average molecular weight is 363 g/mol. The van der Waals surface area contributed by atoms with Crippen LogP contribution in [0, 0.1) is 0 Å². The Bertz CT molecular complexity index is 898. The lowest BCUT2D eigenvalue weighted by Gasteiger charge is -2.04. The molecule has 3 nitrogen and oxygen atoms in total. The molecule has 1 amide bonds. The molecule has 0 aliphatic carbocycles. The number of anilines is 1. The molecular formula is C22H19ClN2O. The standard InChI is InChI=1S/C22H19ClN2O/c23-20-10-8-19(9-11-20)18-6-1-16(2-7-18)5-14-22(26)25-21-12-3-17(15-24)4-13-21/h1-14H,15,24H2,(H,25,26). The van der Waals surface area contributed by atoms with E-state index in [4.69, 9.17) is 17.3 Å². The SMILES string of the molecule is NCc1ccc(NC(=O)C=Cc2ccc(-c3ccc(Cl)cc3)cc2)cc1. The third-order valence-corrected chi connectivity index (χ3v) is 4.22. The predicted molar refractivity (Wildman–Crippen MR) is 109 cm³/mol. The van der Waals surface area contributed by atoms with E-state index in [1.807, 2.05) is 72.8 Å². The molecule has 0 aromatic heterocycles. The Balaban J connectivity index is 1.62. The van der Waals surface area contributed by atoms with E-state index < -0.39 is 0 Å². The first-order valence-corrected chi connectivity index (χ1v) is 8.66. The van der Waals surface area contributed by atoms with Gasteiger partial charge < -0.3 is 11.1 Å². The van der Waals surface area contributed by atoms with Crippen LogP contribution in [-0.4, -0.2) is 5.91 Å². The van der Waals surface area contributed by atoms with Crippen molar-refractivity contribution in [2.75, 3.05) is 5.32 Å². The van der Waals surface area contributed by atoms with Gasteiger partial charge in [0.05, 0.1) is 0 Å². The number of benzene rings is 3. The Kier molecular flexibility index (Phi) is 5.84. The van der Waals surface area contributed by atoms with Crippen molar-refractivity contribution in [1.29, 1.82) is 0 Å². The van der Waals surface area contributed by atoms with Crippen LogP contribution >= 0.6 is 11.6 Å². The molecule has 26 heavy (non-hydrogen) atoms. The fourth-order valence-corrected chi connectivity index (χ4v) is 2.64. The lowest BCUT2D eigenvalue weighted by Crippen LogP contribution is -2.07. The number of carbonyl (C=O) groups is 1. The third kappa shape index (κ3) is 4.82. The van der Waals surface area contributed by atoms with Crippen molar-refractivity contribution < 1.29 is 4.79 Å². The maximum Gasteiger partial charge on any atom is 0.248 e. The number of rotatable bonds is 5. The predicted octanol–water partition coefficient (Wildman–Crippen LogP) is 5.12. The Morgan fingerprint density at radius 1 is 0.885 bits per heavy atom. The van der Waals surface area contributed by atoms with Gasteiger partial charge in [-0.25, -0.2) is 0 Å². The highest BCUT2D eigenvalue weighted by Crippen LogP contribution is 2.22. The van der Waals surface area contributed by atoms with Gasteiger partial charge in [-0.05, 0) is 52.6 Å². The summed E-state index contributed by atoms with van der Waals surface area (Å²) in [4.78, 5) is 12.0. The second kappa shape index (κ2) is 8.48. The highest BCUT2D eigenvalue weighted by Gasteiger charge is 2.00. The van der Waals surface area contributed by atoms with Crippen LogP contribution in [0.25, 0.3) is 17.2 Å². The van der Waals surface area contributed by atoms with Gasteiger partial charge in [0, 0.05) is 23.3 Å². The molecule has 0 spiro atoms. The number of hydrogen-bond donors (Lipinski definition) is 2. The van der Waals surface area contributed by atoms with Gasteiger partial charge >= 0.3 is 0 Å². The molecule has 0 saturated heterocycles. The van der Waals surface area contributed by atoms with Crippen LogP contribution in [0.2, 0.25) is 5.02 Å². The second-order valence-electron chi connectivity index (χ2n) is 5.85. The number of hydrogen-bond acceptors (Lipinski definition) is 2. The molecule has 0 radical (unpaired) electrons. The highest BCUT2D eigenvalue weighted by molar-refractivity contribution is 6.30. The molecule has 0 fully saturated rings. The number of nitrogens with one attached hydrogen (secondary N) is 1. The maximum absolute atomic E-state index is 12.0. The second-order valence-corrected chi connectivity index (χ2v) is 6.29. The fraction of sp³-hybridized carbons (Fsp3) is 0.0455. The molecule has 0 atom stereocenters. The van der Waals surface area contributed by atoms with Crippen LogP contribution < -0.4 is 11.1 Å². The lowest BCUT2D eigenvalue weighted by molar-refractivity contribution is -0.111. The van der Waals surface area contributed by atoms with Crippen molar-refractivity contribution in [3.63, 3.8) is 0 Å². The van der Waals surface area contributed by atoms with Crippen molar-refractivity contribution in [2.24, 2.45) is 5.73 Å². The lowest BCUT2D eigenvalue weighted by atomic mass is 10.0. The molecular weight excluding hydrogens is 344 g/mol. The number of carbonyl (C=O) groups excluding carboxylic acids is 1. The molecule has 0 heterocycles. The maximum atomic E-state index is 12.0. The van der Waals surface area contributed by atoms with Crippen LogP contribution in [0.15, 0.2) is 78.9 Å². The summed E-state index contributed by atoms with van der Waals surface area (Å²) in [6.45, 7) is 0.486. The van der Waals surface area contributed by atoms with Gasteiger partial charge in [-0.2, -0.15) is 0 Å². The Morgan fingerprint density at radius 3 is 2.04 bits per heavy atom. The summed E-state index contributed by atoms with van der Waals surface area (Å²) in [7, 11) is 0. The summed E-state index contributed by atoms with van der Waals surface area (Å²) in [6, 6.07) is 23.2. The minimum absolute atomic E-state index is 0.174. The van der Waals surface area contributed by atoms with Crippen molar-refractivity contribution in [2.45, 2.75) is 6.54 Å². The summed E-state index contributed by atoms with van der Waals surface area (Å²) < 4.78 is 0. The first-order valence-electron chi connectivity index (χ1n) is 8.28. The largest absolute Gasteiger partial charge is 0.326 e. The summed E-state index contributed by atoms with van der Waals surface area (Å²) in [5.41, 5.74) is 10.5. The number of amides is 1. The highest BCUT2D eigenvalue weighted by atomic mass is 35.5. The summed E-state index contributed by atoms with van der Waals surface area (Å²) >= 11 is 5.92. The van der Waals surface area contributed by atoms with E-state index >= 15 is 0 Å². The van der Waals surface area contributed by atoms with Gasteiger partial charge in [0.1, 0.15) is 0 Å². The van der Waals surface area contributed by atoms with E-state index in [1.165, 1.54) is 6.08 Å². The van der Waals surface area contributed by atoms with E-state index in [2.05, 4.69) is 5.32 Å². The molecule has 3 aromatic rings. The van der Waals surface area contributed by atoms with Gasteiger partial charge in [0.2, 0.25) is 5.91 Å². The van der Waals surface area contributed by atoms with Crippen molar-refractivity contribution in [1.82, 2.24) is 0 Å². The topological polar surface area (TPSA) is 55.1 Å². The summed E-state index contributed by atoms with van der Waals surface area (Å²) in [5.74, 6) is -0.174. The Hall–Kier alpha value is -2.88. The Morgan fingerprint density at radius 2 is 1.46 bits per heavy atom. The van der Waals surface area contributed by atoms with Crippen molar-refractivity contribution in [3.05, 3.63) is 95.0 Å². The average Bonchev–Trinajstić information content (AvgIpc) is 2.68. The molecule has 0 unspecified atom stereocenters. The van der Waals surface area contributed by atoms with E-state index in [0.29, 0.717) is 6.54 Å². The molecule has 4 heteroatoms. The van der Waals surface area contributed by atoms with E-state index in [-0.39, 0.29) is 5.91 Å². The van der Waals surface area contributed by atoms with Crippen molar-refractivity contribution in [3.8, 4) is 11.1 Å². The molecule has 0 bridgehead atoms. The van der Waals surface area contributed by atoms with Gasteiger partial charge in [-0.3, -0.25) is 4.79 Å². The zero-order chi connectivity index (χ0) is 18.4. The number of halogens is 1. The summed E-state index contributed by atoms with van der Waals surface area (Å²) in [5, 5.41) is 3.55. The van der Waals surface area contributed by atoms with Crippen LogP contribution in [-0.2, 0) is 11.3 Å². The summed E-state index contributed by atoms with van der Waals surface area (Å²) in [6.07, 6.45) is 3.31. The van der Waals surface area contributed by atoms with Gasteiger partial charge in [-0.15, -0.1) is 0 Å². The monoisotopic (exact) mass is 362 g/mol. The van der Waals surface area contributed by atoms with Crippen LogP contribution in [0.5, 0.6) is 0 Å². The first kappa shape index (κ1) is 17.9. The Labute approximate surface area is 158 Å². The number of nitrogens with two attached hydrogens (primary N) is 1. The van der Waals surface area contributed by atoms with Gasteiger partial charge in [0.15, 0.2) is 0 Å². The molecule has 3 N–H and O–H groups in total. The zero-order valence-corrected chi connectivity index (χ0v) is 14.9. The zero-order valence-electron chi connectivity index (χ0n) is 14.2. The van der Waals surface area contributed by atoms with Gasteiger partial charge in [0.25, 0.3) is 0 Å². The third-order valence-electron chi connectivity index (χ3n) is 3.97. The molecule has 0 saturated carbocycles. The molecule has 0 aliphatic heterocycles. The normalized spacial score (nSPS) is 10.8. The molecule has 3 rings (SSSR count).